The summed E-state index contributed by atoms with van der Waals surface area (Å²) in [4.78, 5) is 6.99. The first-order valence-electron chi connectivity index (χ1n) is 5.58. The van der Waals surface area contributed by atoms with Gasteiger partial charge in [0.25, 0.3) is 0 Å². The zero-order chi connectivity index (χ0) is 10.8. The van der Waals surface area contributed by atoms with E-state index in [4.69, 9.17) is 5.73 Å². The van der Waals surface area contributed by atoms with Crippen LogP contribution in [-0.4, -0.2) is 29.0 Å². The number of rotatable bonds is 2. The lowest BCUT2D eigenvalue weighted by atomic mass is 10.0. The summed E-state index contributed by atoms with van der Waals surface area (Å²) in [5, 5.41) is 3.32. The highest BCUT2D eigenvalue weighted by Crippen LogP contribution is 2.24. The monoisotopic (exact) mass is 225 g/mol. The van der Waals surface area contributed by atoms with Crippen molar-refractivity contribution in [1.82, 2.24) is 9.88 Å². The number of nitrogens with two attached hydrogens (primary N) is 1. The number of piperidine rings is 1. The fourth-order valence-corrected chi connectivity index (χ4v) is 2.85. The molecule has 0 amide bonds. The number of hydrogen-bond donors (Lipinski definition) is 1. The van der Waals surface area contributed by atoms with Gasteiger partial charge >= 0.3 is 0 Å². The quantitative estimate of drug-likeness (QED) is 0.836. The first-order chi connectivity index (χ1) is 7.16. The van der Waals surface area contributed by atoms with E-state index in [-0.39, 0.29) is 0 Å². The van der Waals surface area contributed by atoms with Crippen LogP contribution in [0.3, 0.4) is 0 Å². The molecule has 0 spiro atoms. The summed E-state index contributed by atoms with van der Waals surface area (Å²) >= 11 is 1.73. The fourth-order valence-electron chi connectivity index (χ4n) is 2.15. The minimum atomic E-state index is 0.348. The molecule has 0 aliphatic carbocycles. The lowest BCUT2D eigenvalue weighted by molar-refractivity contribution is 0.157. The van der Waals surface area contributed by atoms with Crippen molar-refractivity contribution >= 4 is 11.3 Å². The van der Waals surface area contributed by atoms with Crippen molar-refractivity contribution in [2.75, 3.05) is 13.1 Å². The maximum absolute atomic E-state index is 5.99. The molecule has 1 aromatic heterocycles. The first kappa shape index (κ1) is 11.0. The van der Waals surface area contributed by atoms with Crippen molar-refractivity contribution in [3.8, 4) is 0 Å². The van der Waals surface area contributed by atoms with Gasteiger partial charge in [-0.1, -0.05) is 0 Å². The summed E-state index contributed by atoms with van der Waals surface area (Å²) in [7, 11) is 0. The molecular formula is C11H19N3S. The number of hydrogen-bond acceptors (Lipinski definition) is 4. The third-order valence-corrected chi connectivity index (χ3v) is 3.89. The van der Waals surface area contributed by atoms with E-state index < -0.39 is 0 Å². The second-order valence-electron chi connectivity index (χ2n) is 4.36. The van der Waals surface area contributed by atoms with Crippen molar-refractivity contribution in [2.24, 2.45) is 5.73 Å². The van der Waals surface area contributed by atoms with Gasteiger partial charge < -0.3 is 5.73 Å². The van der Waals surface area contributed by atoms with Crippen molar-refractivity contribution in [1.29, 1.82) is 0 Å². The number of aromatic nitrogens is 1. The minimum absolute atomic E-state index is 0.348. The molecule has 1 aliphatic heterocycles. The molecule has 0 radical (unpaired) electrons. The van der Waals surface area contributed by atoms with Crippen LogP contribution in [0.2, 0.25) is 0 Å². The maximum Gasteiger partial charge on any atom is 0.0898 e. The Morgan fingerprint density at radius 2 is 2.47 bits per heavy atom. The Bertz CT molecular complexity index is 323. The summed E-state index contributed by atoms with van der Waals surface area (Å²) in [5.74, 6) is 0. The Hall–Kier alpha value is -0.450. The van der Waals surface area contributed by atoms with Gasteiger partial charge in [0.15, 0.2) is 0 Å². The van der Waals surface area contributed by atoms with Gasteiger partial charge in [-0.15, -0.1) is 11.3 Å². The molecule has 4 heteroatoms. The van der Waals surface area contributed by atoms with E-state index in [1.54, 1.807) is 11.3 Å². The standard InChI is InChI=1S/C11H19N3S/c1-8(11-7-15-9(2)13-11)14-5-3-4-10(12)6-14/h7-8,10H,3-6,12H2,1-2H3. The lowest BCUT2D eigenvalue weighted by Crippen LogP contribution is -2.43. The molecule has 0 saturated carbocycles. The van der Waals surface area contributed by atoms with Gasteiger partial charge in [-0.2, -0.15) is 0 Å². The van der Waals surface area contributed by atoms with Crippen molar-refractivity contribution in [3.63, 3.8) is 0 Å². The van der Waals surface area contributed by atoms with Crippen LogP contribution in [0, 0.1) is 6.92 Å². The number of thiazole rings is 1. The summed E-state index contributed by atoms with van der Waals surface area (Å²) in [6, 6.07) is 0.766. The number of aryl methyl sites for hydroxylation is 1. The second kappa shape index (κ2) is 4.60. The molecule has 84 valence electrons. The Balaban J connectivity index is 2.03. The molecule has 0 bridgehead atoms. The molecule has 2 rings (SSSR count). The van der Waals surface area contributed by atoms with Gasteiger partial charge in [0.1, 0.15) is 0 Å². The summed E-state index contributed by atoms with van der Waals surface area (Å²) in [6.45, 7) is 6.46. The molecule has 2 N–H and O–H groups in total. The molecule has 2 unspecified atom stereocenters. The average Bonchev–Trinajstić information content (AvgIpc) is 2.64. The van der Waals surface area contributed by atoms with Gasteiger partial charge in [-0.05, 0) is 33.2 Å². The Morgan fingerprint density at radius 3 is 3.07 bits per heavy atom. The van der Waals surface area contributed by atoms with Gasteiger partial charge in [0, 0.05) is 18.0 Å². The molecule has 2 heterocycles. The molecule has 15 heavy (non-hydrogen) atoms. The van der Waals surface area contributed by atoms with Crippen LogP contribution in [-0.2, 0) is 0 Å². The van der Waals surface area contributed by atoms with E-state index in [0.29, 0.717) is 12.1 Å². The SMILES string of the molecule is Cc1nc(C(C)N2CCCC(N)C2)cs1. The summed E-state index contributed by atoms with van der Waals surface area (Å²) in [6.07, 6.45) is 2.38. The smallest absolute Gasteiger partial charge is 0.0898 e. The van der Waals surface area contributed by atoms with E-state index in [9.17, 15) is 0 Å². The molecule has 3 nitrogen and oxygen atoms in total. The minimum Gasteiger partial charge on any atom is -0.327 e. The highest BCUT2D eigenvalue weighted by atomic mass is 32.1. The normalized spacial score (nSPS) is 25.4. The third-order valence-electron chi connectivity index (χ3n) is 3.10. The maximum atomic E-state index is 5.99. The van der Waals surface area contributed by atoms with E-state index in [1.807, 2.05) is 0 Å². The summed E-state index contributed by atoms with van der Waals surface area (Å²) < 4.78 is 0. The van der Waals surface area contributed by atoms with E-state index >= 15 is 0 Å². The van der Waals surface area contributed by atoms with E-state index in [0.717, 1.165) is 18.1 Å². The molecule has 1 fully saturated rings. The van der Waals surface area contributed by atoms with Gasteiger partial charge in [-0.25, -0.2) is 4.98 Å². The van der Waals surface area contributed by atoms with Crippen LogP contribution in [0.15, 0.2) is 5.38 Å². The summed E-state index contributed by atoms with van der Waals surface area (Å²) in [5.41, 5.74) is 7.19. The predicted molar refractivity (Wildman–Crippen MR) is 64.0 cm³/mol. The topological polar surface area (TPSA) is 42.2 Å². The molecule has 2 atom stereocenters. The van der Waals surface area contributed by atoms with Gasteiger partial charge in [0.2, 0.25) is 0 Å². The van der Waals surface area contributed by atoms with Crippen LogP contribution in [0.1, 0.15) is 36.5 Å². The van der Waals surface area contributed by atoms with Crippen LogP contribution in [0.5, 0.6) is 0 Å². The number of likely N-dealkylation sites (tertiary alicyclic amines) is 1. The van der Waals surface area contributed by atoms with Crippen molar-refractivity contribution in [3.05, 3.63) is 16.1 Å². The molecule has 0 aromatic carbocycles. The predicted octanol–water partition coefficient (Wildman–Crippen LogP) is 1.94. The zero-order valence-electron chi connectivity index (χ0n) is 9.44. The molecular weight excluding hydrogens is 206 g/mol. The van der Waals surface area contributed by atoms with Crippen LogP contribution >= 0.6 is 11.3 Å². The van der Waals surface area contributed by atoms with Crippen LogP contribution in [0.25, 0.3) is 0 Å². The Kier molecular flexibility index (Phi) is 3.38. The van der Waals surface area contributed by atoms with Crippen molar-refractivity contribution < 1.29 is 0 Å². The molecule has 1 aliphatic rings. The highest BCUT2D eigenvalue weighted by molar-refractivity contribution is 7.09. The second-order valence-corrected chi connectivity index (χ2v) is 5.43. The van der Waals surface area contributed by atoms with Gasteiger partial charge in [0.05, 0.1) is 16.7 Å². The van der Waals surface area contributed by atoms with E-state index in [2.05, 4.69) is 29.1 Å². The third kappa shape index (κ3) is 2.56. The first-order valence-corrected chi connectivity index (χ1v) is 6.46. The average molecular weight is 225 g/mol. The largest absolute Gasteiger partial charge is 0.327 e. The highest BCUT2D eigenvalue weighted by Gasteiger charge is 2.23. The Labute approximate surface area is 95.3 Å². The molecule has 1 aromatic rings. The van der Waals surface area contributed by atoms with Crippen molar-refractivity contribution in [2.45, 2.75) is 38.8 Å². The Morgan fingerprint density at radius 1 is 1.67 bits per heavy atom. The fraction of sp³-hybridized carbons (Fsp3) is 0.727. The number of nitrogens with zero attached hydrogens (tertiary/aromatic N) is 2. The van der Waals surface area contributed by atoms with Gasteiger partial charge in [-0.3, -0.25) is 4.90 Å². The molecule has 1 saturated heterocycles. The van der Waals surface area contributed by atoms with E-state index in [1.165, 1.54) is 18.5 Å². The van der Waals surface area contributed by atoms with Crippen LogP contribution < -0.4 is 5.73 Å². The van der Waals surface area contributed by atoms with Crippen LogP contribution in [0.4, 0.5) is 0 Å². The zero-order valence-corrected chi connectivity index (χ0v) is 10.3. The lowest BCUT2D eigenvalue weighted by Gasteiger charge is -2.34.